The first-order valence-electron chi connectivity index (χ1n) is 6.94. The average molecular weight is 284 g/mol. The molecular weight excluding hydrogens is 258 g/mol. The molecule has 0 bridgehead atoms. The number of hydrogen-bond acceptors (Lipinski definition) is 2. The van der Waals surface area contributed by atoms with Gasteiger partial charge in [0.05, 0.1) is 6.61 Å². The molecule has 2 nitrogen and oxygen atoms in total. The van der Waals surface area contributed by atoms with Crippen molar-refractivity contribution in [1.29, 1.82) is 0 Å². The number of halogens is 1. The maximum absolute atomic E-state index is 6.00. The van der Waals surface area contributed by atoms with Crippen molar-refractivity contribution in [2.45, 2.75) is 53.0 Å². The van der Waals surface area contributed by atoms with Gasteiger partial charge in [0.15, 0.2) is 0 Å². The Kier molecular flexibility index (Phi) is 6.15. The summed E-state index contributed by atoms with van der Waals surface area (Å²) in [6.45, 7) is 12.4. The van der Waals surface area contributed by atoms with E-state index in [1.165, 1.54) is 0 Å². The smallest absolute Gasteiger partial charge is 0.125 e. The van der Waals surface area contributed by atoms with Crippen LogP contribution >= 0.6 is 11.6 Å². The van der Waals surface area contributed by atoms with E-state index in [0.717, 1.165) is 47.9 Å². The largest absolute Gasteiger partial charge is 0.493 e. The van der Waals surface area contributed by atoms with Gasteiger partial charge in [-0.15, -0.1) is 0 Å². The third kappa shape index (κ3) is 6.31. The molecular formula is C16H26ClNO. The summed E-state index contributed by atoms with van der Waals surface area (Å²) in [4.78, 5) is 0. The molecule has 1 aromatic rings. The van der Waals surface area contributed by atoms with Crippen LogP contribution in [0.15, 0.2) is 12.1 Å². The van der Waals surface area contributed by atoms with E-state index in [0.29, 0.717) is 0 Å². The van der Waals surface area contributed by atoms with Crippen LogP contribution in [0.25, 0.3) is 0 Å². The van der Waals surface area contributed by atoms with Crippen LogP contribution in [0.2, 0.25) is 5.02 Å². The van der Waals surface area contributed by atoms with Crippen LogP contribution in [-0.2, 0) is 0 Å². The van der Waals surface area contributed by atoms with Crippen molar-refractivity contribution in [2.75, 3.05) is 13.2 Å². The Morgan fingerprint density at radius 1 is 1.11 bits per heavy atom. The Morgan fingerprint density at radius 3 is 2.21 bits per heavy atom. The molecule has 1 N–H and O–H groups in total. The van der Waals surface area contributed by atoms with Gasteiger partial charge < -0.3 is 10.1 Å². The first-order valence-corrected chi connectivity index (χ1v) is 7.32. The molecule has 0 aromatic heterocycles. The summed E-state index contributed by atoms with van der Waals surface area (Å²) in [5, 5.41) is 4.25. The van der Waals surface area contributed by atoms with Crippen LogP contribution in [0.4, 0.5) is 0 Å². The second-order valence-electron chi connectivity index (χ2n) is 6.10. The van der Waals surface area contributed by atoms with Gasteiger partial charge in [-0.3, -0.25) is 0 Å². The first kappa shape index (κ1) is 16.3. The van der Waals surface area contributed by atoms with E-state index in [-0.39, 0.29) is 5.54 Å². The van der Waals surface area contributed by atoms with Crippen molar-refractivity contribution in [2.24, 2.45) is 0 Å². The number of rotatable bonds is 6. The Balaban J connectivity index is 2.30. The molecule has 0 saturated carbocycles. The second kappa shape index (κ2) is 7.16. The van der Waals surface area contributed by atoms with Crippen molar-refractivity contribution in [3.05, 3.63) is 28.3 Å². The quantitative estimate of drug-likeness (QED) is 0.776. The number of nitrogens with one attached hydrogen (secondary N) is 1. The normalized spacial score (nSPS) is 11.7. The minimum Gasteiger partial charge on any atom is -0.493 e. The van der Waals surface area contributed by atoms with E-state index in [9.17, 15) is 0 Å². The highest BCUT2D eigenvalue weighted by Crippen LogP contribution is 2.27. The standard InChI is InChI=1S/C16H26ClNO/c1-12-10-14(17)11-13(2)15(12)19-9-7-6-8-18-16(3,4)5/h10-11,18H,6-9H2,1-5H3. The zero-order valence-corrected chi connectivity index (χ0v) is 13.5. The third-order valence-corrected chi connectivity index (χ3v) is 3.12. The van der Waals surface area contributed by atoms with Crippen LogP contribution in [0.5, 0.6) is 5.75 Å². The van der Waals surface area contributed by atoms with Crippen molar-refractivity contribution < 1.29 is 4.74 Å². The van der Waals surface area contributed by atoms with E-state index in [2.05, 4.69) is 26.1 Å². The van der Waals surface area contributed by atoms with E-state index >= 15 is 0 Å². The molecule has 0 aliphatic carbocycles. The van der Waals surface area contributed by atoms with E-state index in [4.69, 9.17) is 16.3 Å². The van der Waals surface area contributed by atoms with Crippen molar-refractivity contribution in [1.82, 2.24) is 5.32 Å². The number of aryl methyl sites for hydroxylation is 2. The summed E-state index contributed by atoms with van der Waals surface area (Å²) in [5.41, 5.74) is 2.42. The molecule has 0 radical (unpaired) electrons. The number of ether oxygens (including phenoxy) is 1. The highest BCUT2D eigenvalue weighted by atomic mass is 35.5. The molecule has 1 aromatic carbocycles. The Labute approximate surface area is 122 Å². The van der Waals surface area contributed by atoms with Gasteiger partial charge >= 0.3 is 0 Å². The zero-order chi connectivity index (χ0) is 14.5. The highest BCUT2D eigenvalue weighted by Gasteiger charge is 2.08. The third-order valence-electron chi connectivity index (χ3n) is 2.90. The molecule has 1 rings (SSSR count). The van der Waals surface area contributed by atoms with Crippen molar-refractivity contribution in [3.8, 4) is 5.75 Å². The number of unbranched alkanes of at least 4 members (excludes halogenated alkanes) is 1. The maximum atomic E-state index is 6.00. The molecule has 0 amide bonds. The predicted molar refractivity (Wildman–Crippen MR) is 83.4 cm³/mol. The van der Waals surface area contributed by atoms with Gasteiger partial charge in [0.1, 0.15) is 5.75 Å². The van der Waals surface area contributed by atoms with Crippen LogP contribution in [0.3, 0.4) is 0 Å². The first-order chi connectivity index (χ1) is 8.79. The Bertz CT molecular complexity index is 387. The minimum atomic E-state index is 0.199. The maximum Gasteiger partial charge on any atom is 0.125 e. The molecule has 19 heavy (non-hydrogen) atoms. The van der Waals surface area contributed by atoms with Crippen LogP contribution in [-0.4, -0.2) is 18.7 Å². The summed E-state index contributed by atoms with van der Waals surface area (Å²) >= 11 is 6.00. The van der Waals surface area contributed by atoms with Gasteiger partial charge in [-0.25, -0.2) is 0 Å². The molecule has 0 saturated heterocycles. The van der Waals surface area contributed by atoms with Crippen molar-refractivity contribution in [3.63, 3.8) is 0 Å². The minimum absolute atomic E-state index is 0.199. The van der Waals surface area contributed by atoms with Gasteiger partial charge in [-0.05, 0) is 77.3 Å². The molecule has 0 aliphatic rings. The lowest BCUT2D eigenvalue weighted by molar-refractivity contribution is 0.298. The number of hydrogen-bond donors (Lipinski definition) is 1. The molecule has 0 spiro atoms. The van der Waals surface area contributed by atoms with E-state index < -0.39 is 0 Å². The number of benzene rings is 1. The predicted octanol–water partition coefficient (Wildman–Crippen LogP) is 4.50. The molecule has 0 aliphatic heterocycles. The molecule has 0 unspecified atom stereocenters. The zero-order valence-electron chi connectivity index (χ0n) is 12.8. The Hall–Kier alpha value is -0.730. The molecule has 0 fully saturated rings. The lowest BCUT2D eigenvalue weighted by Gasteiger charge is -2.20. The topological polar surface area (TPSA) is 21.3 Å². The summed E-state index contributed by atoms with van der Waals surface area (Å²) in [7, 11) is 0. The fourth-order valence-electron chi connectivity index (χ4n) is 1.99. The van der Waals surface area contributed by atoms with Gasteiger partial charge in [0.2, 0.25) is 0 Å². The highest BCUT2D eigenvalue weighted by molar-refractivity contribution is 6.30. The van der Waals surface area contributed by atoms with Crippen LogP contribution < -0.4 is 10.1 Å². The van der Waals surface area contributed by atoms with Gasteiger partial charge in [0, 0.05) is 10.6 Å². The SMILES string of the molecule is Cc1cc(Cl)cc(C)c1OCCCCNC(C)(C)C. The molecule has 0 heterocycles. The second-order valence-corrected chi connectivity index (χ2v) is 6.54. The van der Waals surface area contributed by atoms with Gasteiger partial charge in [-0.2, -0.15) is 0 Å². The van der Waals surface area contributed by atoms with E-state index in [1.807, 2.05) is 26.0 Å². The summed E-state index contributed by atoms with van der Waals surface area (Å²) in [6, 6.07) is 3.90. The molecule has 108 valence electrons. The average Bonchev–Trinajstić information content (AvgIpc) is 2.24. The fraction of sp³-hybridized carbons (Fsp3) is 0.625. The lowest BCUT2D eigenvalue weighted by Crippen LogP contribution is -2.36. The van der Waals surface area contributed by atoms with Crippen molar-refractivity contribution >= 4 is 11.6 Å². The fourth-order valence-corrected chi connectivity index (χ4v) is 2.32. The van der Waals surface area contributed by atoms with Gasteiger partial charge in [0.25, 0.3) is 0 Å². The summed E-state index contributed by atoms with van der Waals surface area (Å²) in [6.07, 6.45) is 2.19. The summed E-state index contributed by atoms with van der Waals surface area (Å²) in [5.74, 6) is 0.980. The summed E-state index contributed by atoms with van der Waals surface area (Å²) < 4.78 is 5.87. The Morgan fingerprint density at radius 2 is 1.68 bits per heavy atom. The lowest BCUT2D eigenvalue weighted by atomic mass is 10.1. The van der Waals surface area contributed by atoms with Crippen LogP contribution in [0, 0.1) is 13.8 Å². The molecule has 3 heteroatoms. The van der Waals surface area contributed by atoms with Gasteiger partial charge in [-0.1, -0.05) is 11.6 Å². The van der Waals surface area contributed by atoms with E-state index in [1.54, 1.807) is 0 Å². The van der Waals surface area contributed by atoms with Crippen LogP contribution in [0.1, 0.15) is 44.7 Å². The monoisotopic (exact) mass is 283 g/mol. The molecule has 0 atom stereocenters.